The molecule has 0 bridgehead atoms. The van der Waals surface area contributed by atoms with E-state index in [2.05, 4.69) is 79.1 Å². The number of nitrogens with one attached hydrogen (secondary N) is 2. The molecule has 4 saturated heterocycles. The number of pyridine rings is 1. The lowest BCUT2D eigenvalue weighted by molar-refractivity contribution is 0.0197. The van der Waals surface area contributed by atoms with E-state index in [9.17, 15) is 28.8 Å². The number of carbonyl (C=O) groups excluding carboxylic acids is 3. The molecule has 4 fully saturated rings. The summed E-state index contributed by atoms with van der Waals surface area (Å²) in [6.07, 6.45) is 8.67. The maximum atomic E-state index is 13.2. The molecule has 2 N–H and O–H groups in total. The van der Waals surface area contributed by atoms with E-state index >= 15 is 0 Å². The Morgan fingerprint density at radius 1 is 0.479 bits per heavy atom. The molecule has 7 aromatic heterocycles. The second-order valence-electron chi connectivity index (χ2n) is 26.0. The van der Waals surface area contributed by atoms with E-state index in [1.54, 1.807) is 78.4 Å². The standard InChI is InChI=1S/C24H23N7O2.C19H26N6O3.C14H18N6O.C10H20N2O2/c1-16-14-30(23(33)20-8-7-17-5-3-4-6-18(17)27-20)11-12-31(16)24-28-21(13-22(32)29(24)2)19-9-10-25-15-26-19;1-13-11-24(18(27)28-19(2,3)4)8-9-25(13)17-22-15(10-16(26)23(17)5)14-6-7-20-12-21-14;1-10-8-15-5-6-20(10)14-18-12(7-13(21)19(14)2)11-3-4-16-9-17-11;1-8-7-12(6-5-11-8)9(13)14-10(2,3)4/h3-10,13,15-16H,11-12,14H2,1-2H3;6-7,10,12-13H,8-9,11H2,1-5H3;3-4,7,9-10,15H,5-6,8H2,1-2H3;8,11H,5-7H2,1-4H3/t16-;13-;10-;8-/m1111/s1. The van der Waals surface area contributed by atoms with Gasteiger partial charge in [-0.3, -0.25) is 32.9 Å². The van der Waals surface area contributed by atoms with Gasteiger partial charge in [0.1, 0.15) is 35.9 Å². The van der Waals surface area contributed by atoms with Crippen LogP contribution < -0.4 is 42.0 Å². The maximum absolute atomic E-state index is 13.2. The first-order chi connectivity index (χ1) is 45.7. The van der Waals surface area contributed by atoms with Gasteiger partial charge in [0.05, 0.1) is 39.7 Å². The molecule has 4 atom stereocenters. The van der Waals surface area contributed by atoms with Crippen LogP contribution in [-0.2, 0) is 30.6 Å². The lowest BCUT2D eigenvalue weighted by Gasteiger charge is -2.41. The Balaban J connectivity index is 0.000000157. The van der Waals surface area contributed by atoms with Gasteiger partial charge in [-0.15, -0.1) is 0 Å². The van der Waals surface area contributed by atoms with Gasteiger partial charge in [-0.25, -0.2) is 59.4 Å². The fraction of sp³-hybridized carbons (Fsp3) is 0.463. The van der Waals surface area contributed by atoms with Gasteiger partial charge in [0.2, 0.25) is 17.8 Å². The smallest absolute Gasteiger partial charge is 0.410 e. The molecule has 11 heterocycles. The number of anilines is 3. The van der Waals surface area contributed by atoms with Crippen molar-refractivity contribution in [1.82, 2.24) is 88.9 Å². The summed E-state index contributed by atoms with van der Waals surface area (Å²) in [7, 11) is 5.15. The van der Waals surface area contributed by atoms with Crippen LogP contribution in [0.3, 0.4) is 0 Å². The number of aromatic nitrogens is 13. The number of carbonyl (C=O) groups is 3. The summed E-state index contributed by atoms with van der Waals surface area (Å²) in [4.78, 5) is 129. The number of fused-ring (bicyclic) bond motifs is 1. The molecule has 4 aliphatic rings. The molecule has 29 heteroatoms. The van der Waals surface area contributed by atoms with Crippen molar-refractivity contribution in [1.29, 1.82) is 0 Å². The number of amides is 3. The molecule has 0 radical (unpaired) electrons. The summed E-state index contributed by atoms with van der Waals surface area (Å²) in [5.41, 5.74) is 3.32. The number of nitrogens with zero attached hydrogens (tertiary/aromatic N) is 19. The summed E-state index contributed by atoms with van der Waals surface area (Å²) in [6.45, 7) is 27.4. The van der Waals surface area contributed by atoms with Crippen LogP contribution in [0.25, 0.3) is 45.1 Å². The molecular formula is C67H87N21O8. The second kappa shape index (κ2) is 30.9. The Hall–Kier alpha value is -10.2. The van der Waals surface area contributed by atoms with Crippen molar-refractivity contribution in [3.63, 3.8) is 0 Å². The van der Waals surface area contributed by atoms with E-state index in [1.807, 2.05) is 95.5 Å². The number of benzene rings is 1. The molecule has 12 rings (SSSR count). The van der Waals surface area contributed by atoms with Crippen molar-refractivity contribution in [3.05, 3.63) is 147 Å². The minimum Gasteiger partial charge on any atom is -0.444 e. The fourth-order valence-corrected chi connectivity index (χ4v) is 11.2. The van der Waals surface area contributed by atoms with Crippen molar-refractivity contribution in [2.45, 2.75) is 105 Å². The summed E-state index contributed by atoms with van der Waals surface area (Å²) in [6, 6.07) is 21.7. The molecule has 29 nitrogen and oxygen atoms in total. The van der Waals surface area contributed by atoms with Gasteiger partial charge >= 0.3 is 12.2 Å². The predicted molar refractivity (Wildman–Crippen MR) is 366 cm³/mol. The maximum Gasteiger partial charge on any atom is 0.410 e. The van der Waals surface area contributed by atoms with Gasteiger partial charge in [0.25, 0.3) is 22.6 Å². The highest BCUT2D eigenvalue weighted by Crippen LogP contribution is 2.25. The van der Waals surface area contributed by atoms with E-state index in [0.717, 1.165) is 50.2 Å². The normalized spacial score (nSPS) is 18.2. The molecular weight excluding hydrogens is 1230 g/mol. The van der Waals surface area contributed by atoms with Crippen LogP contribution in [0.5, 0.6) is 0 Å². The van der Waals surface area contributed by atoms with Crippen LogP contribution in [-0.4, -0.2) is 210 Å². The Morgan fingerprint density at radius 2 is 0.917 bits per heavy atom. The van der Waals surface area contributed by atoms with E-state index in [1.165, 1.54) is 46.3 Å². The largest absolute Gasteiger partial charge is 0.444 e. The summed E-state index contributed by atoms with van der Waals surface area (Å²) >= 11 is 0. The summed E-state index contributed by atoms with van der Waals surface area (Å²) in [5, 5.41) is 7.62. The topological polar surface area (TPSA) is 308 Å². The first-order valence-electron chi connectivity index (χ1n) is 32.1. The van der Waals surface area contributed by atoms with Gasteiger partial charge in [-0.2, -0.15) is 0 Å². The van der Waals surface area contributed by atoms with E-state index in [4.69, 9.17) is 14.5 Å². The van der Waals surface area contributed by atoms with Crippen LogP contribution in [0.15, 0.2) is 125 Å². The Bertz CT molecular complexity index is 4170. The third-order valence-corrected chi connectivity index (χ3v) is 16.2. The van der Waals surface area contributed by atoms with Crippen molar-refractivity contribution < 1.29 is 23.9 Å². The van der Waals surface area contributed by atoms with Gasteiger partial charge in [0, 0.05) is 166 Å². The SMILES string of the molecule is C[C@@H]1CN(C(=O)OC(C)(C)C)CCN1.C[C@@H]1CN(C(=O)OC(C)(C)C)CCN1c1nc(-c2ccncn2)cc(=O)n1C.C[C@@H]1CN(C(=O)c2ccc3ccccc3n2)CCN1c1nc(-c2ccncn2)cc(=O)n1C.C[C@@H]1CNCCN1c1nc(-c2ccncn2)cc(=O)n1C. The van der Waals surface area contributed by atoms with E-state index in [0.29, 0.717) is 103 Å². The van der Waals surface area contributed by atoms with Crippen LogP contribution in [0.4, 0.5) is 27.4 Å². The first kappa shape index (κ1) is 70.2. The highest BCUT2D eigenvalue weighted by molar-refractivity contribution is 5.95. The van der Waals surface area contributed by atoms with Crippen molar-refractivity contribution in [3.8, 4) is 34.2 Å². The molecule has 508 valence electrons. The molecule has 8 aromatic rings. The Kier molecular flexibility index (Phi) is 22.6. The van der Waals surface area contributed by atoms with Crippen LogP contribution in [0.2, 0.25) is 0 Å². The number of piperazine rings is 4. The molecule has 0 saturated carbocycles. The molecule has 0 unspecified atom stereocenters. The molecule has 0 aliphatic carbocycles. The van der Waals surface area contributed by atoms with Gasteiger partial charge < -0.3 is 49.5 Å². The molecule has 4 aliphatic heterocycles. The van der Waals surface area contributed by atoms with Crippen molar-refractivity contribution in [2.75, 3.05) is 93.2 Å². The third kappa shape index (κ3) is 18.0. The lowest BCUT2D eigenvalue weighted by Crippen LogP contribution is -2.55. The predicted octanol–water partition coefficient (Wildman–Crippen LogP) is 5.07. The highest BCUT2D eigenvalue weighted by Gasteiger charge is 2.34. The van der Waals surface area contributed by atoms with E-state index in [-0.39, 0.29) is 52.9 Å². The number of hydrogen-bond acceptors (Lipinski definition) is 23. The fourth-order valence-electron chi connectivity index (χ4n) is 11.2. The monoisotopic (exact) mass is 1310 g/mol. The Labute approximate surface area is 557 Å². The number of hydrogen-bond donors (Lipinski definition) is 2. The summed E-state index contributed by atoms with van der Waals surface area (Å²) in [5.74, 6) is 1.70. The number of rotatable bonds is 7. The average molecular weight is 1310 g/mol. The quantitative estimate of drug-likeness (QED) is 0.210. The molecule has 1 aromatic carbocycles. The van der Waals surface area contributed by atoms with Gasteiger partial charge in [0.15, 0.2) is 0 Å². The number of para-hydroxylation sites is 1. The van der Waals surface area contributed by atoms with Crippen LogP contribution >= 0.6 is 0 Å². The average Bonchev–Trinajstić information content (AvgIpc) is 0.808. The minimum absolute atomic E-state index is 0.0278. The summed E-state index contributed by atoms with van der Waals surface area (Å²) < 4.78 is 15.4. The molecule has 0 spiro atoms. The zero-order valence-electron chi connectivity index (χ0n) is 57.0. The van der Waals surface area contributed by atoms with Crippen molar-refractivity contribution in [2.24, 2.45) is 21.1 Å². The van der Waals surface area contributed by atoms with Crippen LogP contribution in [0, 0.1) is 0 Å². The van der Waals surface area contributed by atoms with Crippen LogP contribution in [0.1, 0.15) is 79.7 Å². The zero-order valence-corrected chi connectivity index (χ0v) is 57.0. The van der Waals surface area contributed by atoms with Gasteiger partial charge in [-0.05, 0) is 99.6 Å². The Morgan fingerprint density at radius 3 is 1.34 bits per heavy atom. The second-order valence-corrected chi connectivity index (χ2v) is 26.0. The highest BCUT2D eigenvalue weighted by atomic mass is 16.6. The third-order valence-electron chi connectivity index (χ3n) is 16.2. The van der Waals surface area contributed by atoms with E-state index < -0.39 is 11.2 Å². The first-order valence-corrected chi connectivity index (χ1v) is 32.1. The zero-order chi connectivity index (χ0) is 69.0. The van der Waals surface area contributed by atoms with Gasteiger partial charge in [-0.1, -0.05) is 24.3 Å². The number of ether oxygens (including phenoxy) is 2. The minimum atomic E-state index is -0.533. The molecule has 3 amide bonds. The molecule has 96 heavy (non-hydrogen) atoms. The lowest BCUT2D eigenvalue weighted by atomic mass is 10.1. The van der Waals surface area contributed by atoms with Crippen molar-refractivity contribution >= 4 is 46.8 Å².